The first kappa shape index (κ1) is 11.0. The highest BCUT2D eigenvalue weighted by molar-refractivity contribution is 14.1. The summed E-state index contributed by atoms with van der Waals surface area (Å²) in [5, 5.41) is 3.17. The van der Waals surface area contributed by atoms with Crippen LogP contribution in [0.4, 0.5) is 0 Å². The summed E-state index contributed by atoms with van der Waals surface area (Å²) in [5.74, 6) is 0.959. The van der Waals surface area contributed by atoms with Crippen LogP contribution in [0.1, 0.15) is 29.6 Å². The van der Waals surface area contributed by atoms with Crippen LogP contribution < -0.4 is 5.32 Å². The molecule has 0 atom stereocenters. The van der Waals surface area contributed by atoms with Crippen molar-refractivity contribution in [1.82, 2.24) is 5.32 Å². The van der Waals surface area contributed by atoms with Crippen LogP contribution in [0.3, 0.4) is 0 Å². The van der Waals surface area contributed by atoms with E-state index in [0.717, 1.165) is 19.5 Å². The Morgan fingerprint density at radius 2 is 2.06 bits per heavy atom. The molecule has 2 nitrogen and oxygen atoms in total. The zero-order valence-corrected chi connectivity index (χ0v) is 12.3. The van der Waals surface area contributed by atoms with Gasteiger partial charge in [-0.05, 0) is 66.0 Å². The molecule has 1 amide bonds. The summed E-state index contributed by atoms with van der Waals surface area (Å²) in [5.41, 5.74) is 0.915. The minimum atomic E-state index is 0.0670. The van der Waals surface area contributed by atoms with E-state index in [1.165, 1.54) is 19.3 Å². The van der Waals surface area contributed by atoms with Gasteiger partial charge in [0, 0.05) is 19.1 Å². The van der Waals surface area contributed by atoms with Gasteiger partial charge in [0.15, 0.2) is 0 Å². The van der Waals surface area contributed by atoms with Gasteiger partial charge < -0.3 is 5.32 Å². The Morgan fingerprint density at radius 3 is 2.56 bits per heavy atom. The molecule has 1 aromatic carbocycles. The molecule has 3 fully saturated rings. The molecule has 0 unspecified atom stereocenters. The number of hydrogen-bond acceptors (Lipinski definition) is 1. The van der Waals surface area contributed by atoms with Gasteiger partial charge in [0.2, 0.25) is 0 Å². The maximum atomic E-state index is 12.0. The van der Waals surface area contributed by atoms with Gasteiger partial charge >= 0.3 is 0 Å². The third-order valence-corrected chi connectivity index (χ3v) is 4.62. The molecule has 1 N–H and O–H groups in total. The minimum Gasteiger partial charge on any atom is -0.347 e. The molecular formula is C12H11BrINO. The zero-order valence-electron chi connectivity index (χ0n) is 8.59. The van der Waals surface area contributed by atoms with E-state index < -0.39 is 0 Å². The van der Waals surface area contributed by atoms with Gasteiger partial charge in [0.1, 0.15) is 0 Å². The third-order valence-electron chi connectivity index (χ3n) is 3.54. The molecule has 0 spiro atoms. The molecule has 3 aliphatic carbocycles. The summed E-state index contributed by atoms with van der Waals surface area (Å²) in [6, 6.07) is 5.80. The summed E-state index contributed by atoms with van der Waals surface area (Å²) in [6.07, 6.45) is 3.55. The summed E-state index contributed by atoms with van der Waals surface area (Å²) >= 11 is 5.64. The lowest BCUT2D eigenvalue weighted by molar-refractivity contribution is -0.0438. The van der Waals surface area contributed by atoms with E-state index in [-0.39, 0.29) is 11.4 Å². The van der Waals surface area contributed by atoms with Crippen LogP contribution in [0.15, 0.2) is 22.7 Å². The zero-order chi connectivity index (χ0) is 11.3. The molecule has 4 rings (SSSR count). The highest BCUT2D eigenvalue weighted by Gasteiger charge is 2.57. The molecule has 0 saturated heterocycles. The SMILES string of the molecule is O=C(NC12CC(C1)C2)c1cc(Br)cc(I)c1. The van der Waals surface area contributed by atoms with Gasteiger partial charge in [0.25, 0.3) is 5.91 Å². The highest BCUT2D eigenvalue weighted by atomic mass is 127. The van der Waals surface area contributed by atoms with Crippen LogP contribution in [0, 0.1) is 9.49 Å². The van der Waals surface area contributed by atoms with Gasteiger partial charge in [-0.15, -0.1) is 0 Å². The lowest BCUT2D eigenvalue weighted by atomic mass is 9.50. The fraction of sp³-hybridized carbons (Fsp3) is 0.417. The highest BCUT2D eigenvalue weighted by Crippen LogP contribution is 2.56. The first-order valence-electron chi connectivity index (χ1n) is 5.35. The van der Waals surface area contributed by atoms with Crippen LogP contribution in [-0.2, 0) is 0 Å². The van der Waals surface area contributed by atoms with Crippen molar-refractivity contribution in [3.63, 3.8) is 0 Å². The van der Waals surface area contributed by atoms with E-state index in [0.29, 0.717) is 0 Å². The minimum absolute atomic E-state index is 0.0670. The Morgan fingerprint density at radius 1 is 1.38 bits per heavy atom. The molecule has 16 heavy (non-hydrogen) atoms. The van der Waals surface area contributed by atoms with E-state index in [1.54, 1.807) is 0 Å². The Kier molecular flexibility index (Phi) is 2.55. The number of carbonyl (C=O) groups is 1. The van der Waals surface area contributed by atoms with Gasteiger partial charge in [-0.25, -0.2) is 0 Å². The summed E-state index contributed by atoms with van der Waals surface area (Å²) in [4.78, 5) is 12.0. The van der Waals surface area contributed by atoms with Crippen molar-refractivity contribution < 1.29 is 4.79 Å². The number of rotatable bonds is 2. The monoisotopic (exact) mass is 391 g/mol. The Labute approximate surface area is 116 Å². The molecule has 0 heterocycles. The van der Waals surface area contributed by atoms with E-state index in [9.17, 15) is 4.79 Å². The predicted molar refractivity (Wildman–Crippen MR) is 74.4 cm³/mol. The Bertz CT molecular complexity index is 437. The van der Waals surface area contributed by atoms with Gasteiger partial charge in [-0.1, -0.05) is 15.9 Å². The second-order valence-electron chi connectivity index (χ2n) is 4.87. The summed E-state index contributed by atoms with van der Waals surface area (Å²) in [7, 11) is 0. The van der Waals surface area contributed by atoms with Crippen LogP contribution in [-0.4, -0.2) is 11.4 Å². The number of carbonyl (C=O) groups excluding carboxylic acids is 1. The average Bonchev–Trinajstić information content (AvgIpc) is 2.07. The van der Waals surface area contributed by atoms with Gasteiger partial charge in [0.05, 0.1) is 0 Å². The van der Waals surface area contributed by atoms with Crippen molar-refractivity contribution in [2.24, 2.45) is 5.92 Å². The second-order valence-corrected chi connectivity index (χ2v) is 7.03. The van der Waals surface area contributed by atoms with Crippen molar-refractivity contribution in [2.75, 3.05) is 0 Å². The third kappa shape index (κ3) is 1.79. The molecule has 2 bridgehead atoms. The fourth-order valence-corrected chi connectivity index (χ4v) is 4.22. The van der Waals surface area contributed by atoms with Crippen molar-refractivity contribution in [2.45, 2.75) is 24.8 Å². The molecule has 0 aliphatic heterocycles. The largest absolute Gasteiger partial charge is 0.347 e. The summed E-state index contributed by atoms with van der Waals surface area (Å²) in [6.45, 7) is 0. The normalized spacial score (nSPS) is 30.2. The molecule has 84 valence electrons. The predicted octanol–water partition coefficient (Wildman–Crippen LogP) is 3.34. The van der Waals surface area contributed by atoms with Crippen LogP contribution >= 0.6 is 38.5 Å². The van der Waals surface area contributed by atoms with Crippen molar-refractivity contribution in [3.8, 4) is 0 Å². The Balaban J connectivity index is 1.77. The molecule has 0 aromatic heterocycles. The molecule has 1 aromatic rings. The first-order valence-corrected chi connectivity index (χ1v) is 7.22. The first-order chi connectivity index (χ1) is 7.56. The van der Waals surface area contributed by atoms with Crippen molar-refractivity contribution in [1.29, 1.82) is 0 Å². The quantitative estimate of drug-likeness (QED) is 0.769. The number of hydrogen-bond donors (Lipinski definition) is 1. The van der Waals surface area contributed by atoms with E-state index in [2.05, 4.69) is 43.8 Å². The van der Waals surface area contributed by atoms with Crippen LogP contribution in [0.25, 0.3) is 0 Å². The van der Waals surface area contributed by atoms with Gasteiger partial charge in [-0.2, -0.15) is 0 Å². The fourth-order valence-electron chi connectivity index (χ4n) is 2.63. The molecule has 4 heteroatoms. The molecule has 3 saturated carbocycles. The average molecular weight is 392 g/mol. The maximum Gasteiger partial charge on any atom is 0.251 e. The van der Waals surface area contributed by atoms with Crippen molar-refractivity contribution >= 4 is 44.4 Å². The standard InChI is InChI=1S/C12H11BrINO/c13-9-1-8(2-10(14)3-9)11(16)15-12-4-7(5-12)6-12/h1-3,7H,4-6H2,(H,15,16). The lowest BCUT2D eigenvalue weighted by Gasteiger charge is -2.61. The summed E-state index contributed by atoms with van der Waals surface area (Å²) < 4.78 is 2.04. The number of nitrogens with one attached hydrogen (secondary N) is 1. The van der Waals surface area contributed by atoms with Crippen LogP contribution in [0.5, 0.6) is 0 Å². The van der Waals surface area contributed by atoms with Crippen molar-refractivity contribution in [3.05, 3.63) is 31.8 Å². The molecule has 0 radical (unpaired) electrons. The molecular weight excluding hydrogens is 381 g/mol. The van der Waals surface area contributed by atoms with Crippen LogP contribution in [0.2, 0.25) is 0 Å². The van der Waals surface area contributed by atoms with E-state index >= 15 is 0 Å². The second kappa shape index (κ2) is 3.70. The lowest BCUT2D eigenvalue weighted by Crippen LogP contribution is -2.68. The number of halogens is 2. The topological polar surface area (TPSA) is 29.1 Å². The Hall–Kier alpha value is -0.100. The van der Waals surface area contributed by atoms with E-state index in [4.69, 9.17) is 0 Å². The maximum absolute atomic E-state index is 12.0. The van der Waals surface area contributed by atoms with Gasteiger partial charge in [-0.3, -0.25) is 4.79 Å². The number of amides is 1. The smallest absolute Gasteiger partial charge is 0.251 e. The van der Waals surface area contributed by atoms with E-state index in [1.807, 2.05) is 18.2 Å². The molecule has 3 aliphatic rings. The number of benzene rings is 1.